The SMILES string of the molecule is CCOc1ccc2nc(NC3=C(Cl)C(=O)c4ccccc4C3=O)sc2c1. The van der Waals surface area contributed by atoms with Gasteiger partial charge in [-0.3, -0.25) is 9.59 Å². The maximum absolute atomic E-state index is 12.7. The largest absolute Gasteiger partial charge is 0.494 e. The second kappa shape index (κ2) is 6.55. The molecule has 1 aliphatic carbocycles. The molecule has 0 bridgehead atoms. The molecule has 0 amide bonds. The highest BCUT2D eigenvalue weighted by Gasteiger charge is 2.31. The number of ether oxygens (including phenoxy) is 1. The molecule has 0 saturated carbocycles. The standard InChI is InChI=1S/C19H13ClN2O3S/c1-2-25-10-7-8-13-14(9-10)26-19(21-13)22-16-15(20)17(23)11-5-3-4-6-12(11)18(16)24/h3-9H,2H2,1H3,(H,21,22). The molecule has 0 fully saturated rings. The Morgan fingerprint density at radius 3 is 2.58 bits per heavy atom. The van der Waals surface area contributed by atoms with Crippen molar-refractivity contribution in [2.24, 2.45) is 0 Å². The number of fused-ring (bicyclic) bond motifs is 2. The molecule has 5 nitrogen and oxygen atoms in total. The molecule has 0 saturated heterocycles. The Morgan fingerprint density at radius 1 is 1.12 bits per heavy atom. The van der Waals surface area contributed by atoms with Gasteiger partial charge in [-0.25, -0.2) is 4.98 Å². The van der Waals surface area contributed by atoms with E-state index in [9.17, 15) is 9.59 Å². The molecule has 130 valence electrons. The van der Waals surface area contributed by atoms with E-state index >= 15 is 0 Å². The van der Waals surface area contributed by atoms with Crippen molar-refractivity contribution in [3.63, 3.8) is 0 Å². The molecule has 3 aromatic rings. The summed E-state index contributed by atoms with van der Waals surface area (Å²) in [7, 11) is 0. The van der Waals surface area contributed by atoms with Gasteiger partial charge < -0.3 is 10.1 Å². The van der Waals surface area contributed by atoms with Gasteiger partial charge in [-0.2, -0.15) is 0 Å². The number of nitrogens with one attached hydrogen (secondary N) is 1. The smallest absolute Gasteiger partial charge is 0.211 e. The Bertz CT molecular complexity index is 1090. The van der Waals surface area contributed by atoms with Crippen molar-refractivity contribution < 1.29 is 14.3 Å². The third-order valence-electron chi connectivity index (χ3n) is 3.97. The van der Waals surface area contributed by atoms with Crippen LogP contribution in [0, 0.1) is 0 Å². The lowest BCUT2D eigenvalue weighted by atomic mass is 9.92. The van der Waals surface area contributed by atoms with Gasteiger partial charge in [0.05, 0.1) is 16.8 Å². The fourth-order valence-corrected chi connectivity index (χ4v) is 3.91. The molecule has 0 unspecified atom stereocenters. The van der Waals surface area contributed by atoms with Crippen molar-refractivity contribution in [3.05, 3.63) is 64.3 Å². The number of carbonyl (C=O) groups is 2. The van der Waals surface area contributed by atoms with E-state index in [0.29, 0.717) is 22.9 Å². The van der Waals surface area contributed by atoms with E-state index in [1.807, 2.05) is 25.1 Å². The van der Waals surface area contributed by atoms with Gasteiger partial charge in [0.25, 0.3) is 0 Å². The number of anilines is 1. The average molecular weight is 385 g/mol. The molecule has 1 aliphatic rings. The van der Waals surface area contributed by atoms with Gasteiger partial charge in [0.1, 0.15) is 16.5 Å². The van der Waals surface area contributed by atoms with Gasteiger partial charge >= 0.3 is 0 Å². The van der Waals surface area contributed by atoms with Crippen molar-refractivity contribution in [1.82, 2.24) is 4.98 Å². The first-order chi connectivity index (χ1) is 12.6. The summed E-state index contributed by atoms with van der Waals surface area (Å²) in [4.78, 5) is 29.6. The lowest BCUT2D eigenvalue weighted by Crippen LogP contribution is -2.24. The lowest BCUT2D eigenvalue weighted by Gasteiger charge is -2.17. The van der Waals surface area contributed by atoms with Gasteiger partial charge in [-0.05, 0) is 25.1 Å². The summed E-state index contributed by atoms with van der Waals surface area (Å²) < 4.78 is 6.40. The summed E-state index contributed by atoms with van der Waals surface area (Å²) in [6.45, 7) is 2.50. The molecular weight excluding hydrogens is 372 g/mol. The molecule has 26 heavy (non-hydrogen) atoms. The first-order valence-electron chi connectivity index (χ1n) is 7.97. The summed E-state index contributed by atoms with van der Waals surface area (Å²) in [6.07, 6.45) is 0. The van der Waals surface area contributed by atoms with E-state index in [-0.39, 0.29) is 22.3 Å². The van der Waals surface area contributed by atoms with E-state index in [2.05, 4.69) is 10.3 Å². The highest BCUT2D eigenvalue weighted by Crippen LogP contribution is 2.33. The van der Waals surface area contributed by atoms with Crippen molar-refractivity contribution in [2.75, 3.05) is 11.9 Å². The number of carbonyl (C=O) groups excluding carboxylic acids is 2. The van der Waals surface area contributed by atoms with Crippen molar-refractivity contribution in [3.8, 4) is 5.75 Å². The fourth-order valence-electron chi connectivity index (χ4n) is 2.78. The minimum atomic E-state index is -0.371. The van der Waals surface area contributed by atoms with E-state index < -0.39 is 0 Å². The molecule has 1 aromatic heterocycles. The maximum atomic E-state index is 12.7. The predicted molar refractivity (Wildman–Crippen MR) is 102 cm³/mol. The van der Waals surface area contributed by atoms with Gasteiger partial charge in [0.2, 0.25) is 11.6 Å². The molecule has 4 rings (SSSR count). The molecule has 7 heteroatoms. The van der Waals surface area contributed by atoms with Crippen LogP contribution in [-0.2, 0) is 0 Å². The molecule has 0 spiro atoms. The van der Waals surface area contributed by atoms with Crippen LogP contribution in [0.4, 0.5) is 5.13 Å². The molecule has 1 N–H and O–H groups in total. The quantitative estimate of drug-likeness (QED) is 0.709. The second-order valence-corrected chi connectivity index (χ2v) is 7.01. The Hall–Kier alpha value is -2.70. The van der Waals surface area contributed by atoms with Crippen molar-refractivity contribution in [1.29, 1.82) is 0 Å². The number of halogens is 1. The highest BCUT2D eigenvalue weighted by molar-refractivity contribution is 7.22. The third-order valence-corrected chi connectivity index (χ3v) is 5.26. The van der Waals surface area contributed by atoms with Crippen LogP contribution in [0.5, 0.6) is 5.75 Å². The highest BCUT2D eigenvalue weighted by atomic mass is 35.5. The van der Waals surface area contributed by atoms with E-state index in [1.165, 1.54) is 11.3 Å². The first-order valence-corrected chi connectivity index (χ1v) is 9.16. The summed E-state index contributed by atoms with van der Waals surface area (Å²) >= 11 is 7.53. The zero-order valence-electron chi connectivity index (χ0n) is 13.7. The fraction of sp³-hybridized carbons (Fsp3) is 0.105. The topological polar surface area (TPSA) is 68.3 Å². The number of hydrogen-bond donors (Lipinski definition) is 1. The Morgan fingerprint density at radius 2 is 1.85 bits per heavy atom. The van der Waals surface area contributed by atoms with Crippen LogP contribution in [0.3, 0.4) is 0 Å². The number of hydrogen-bond acceptors (Lipinski definition) is 6. The van der Waals surface area contributed by atoms with Gasteiger partial charge in [0.15, 0.2) is 5.13 Å². The molecule has 0 atom stereocenters. The maximum Gasteiger partial charge on any atom is 0.211 e. The molecule has 0 aliphatic heterocycles. The molecule has 0 radical (unpaired) electrons. The van der Waals surface area contributed by atoms with E-state index in [1.54, 1.807) is 24.3 Å². The number of nitrogens with zero attached hydrogens (tertiary/aromatic N) is 1. The normalized spacial score (nSPS) is 13.9. The van der Waals surface area contributed by atoms with Crippen LogP contribution in [0.15, 0.2) is 53.2 Å². The lowest BCUT2D eigenvalue weighted by molar-refractivity contribution is 0.0982. The third kappa shape index (κ3) is 2.77. The number of ketones is 2. The van der Waals surface area contributed by atoms with E-state index in [0.717, 1.165) is 16.0 Å². The van der Waals surface area contributed by atoms with Crippen molar-refractivity contribution in [2.45, 2.75) is 6.92 Å². The predicted octanol–water partition coefficient (Wildman–Crippen LogP) is 4.64. The second-order valence-electron chi connectivity index (χ2n) is 5.60. The van der Waals surface area contributed by atoms with Crippen LogP contribution < -0.4 is 10.1 Å². The number of benzene rings is 2. The average Bonchev–Trinajstić information content (AvgIpc) is 3.05. The zero-order valence-corrected chi connectivity index (χ0v) is 15.3. The van der Waals surface area contributed by atoms with Crippen LogP contribution in [0.1, 0.15) is 27.6 Å². The van der Waals surface area contributed by atoms with E-state index in [4.69, 9.17) is 16.3 Å². The molecule has 1 heterocycles. The monoisotopic (exact) mass is 384 g/mol. The Kier molecular flexibility index (Phi) is 4.22. The summed E-state index contributed by atoms with van der Waals surface area (Å²) in [5.41, 5.74) is 1.48. The number of allylic oxidation sites excluding steroid dienone is 2. The summed E-state index contributed by atoms with van der Waals surface area (Å²) in [5, 5.41) is 3.30. The molecular formula is C19H13ClN2O3S. The number of Topliss-reactive ketones (excluding diaryl/α,β-unsaturated/α-hetero) is 2. The van der Waals surface area contributed by atoms with Crippen LogP contribution >= 0.6 is 22.9 Å². The number of thiazole rings is 1. The summed E-state index contributed by atoms with van der Waals surface area (Å²) in [6, 6.07) is 12.2. The van der Waals surface area contributed by atoms with Crippen LogP contribution in [0.2, 0.25) is 0 Å². The zero-order chi connectivity index (χ0) is 18.3. The van der Waals surface area contributed by atoms with Gasteiger partial charge in [-0.1, -0.05) is 47.2 Å². The van der Waals surface area contributed by atoms with Crippen LogP contribution in [0.25, 0.3) is 10.2 Å². The first kappa shape index (κ1) is 16.8. The van der Waals surface area contributed by atoms with Gasteiger partial charge in [0, 0.05) is 11.1 Å². The number of aromatic nitrogens is 1. The Labute approximate surface area is 158 Å². The minimum absolute atomic E-state index is 0.0551. The number of rotatable bonds is 4. The molecule has 2 aromatic carbocycles. The Balaban J connectivity index is 1.70. The van der Waals surface area contributed by atoms with Gasteiger partial charge in [-0.15, -0.1) is 0 Å². The van der Waals surface area contributed by atoms with Crippen LogP contribution in [-0.4, -0.2) is 23.2 Å². The van der Waals surface area contributed by atoms with Crippen molar-refractivity contribution >= 4 is 49.9 Å². The minimum Gasteiger partial charge on any atom is -0.494 e. The summed E-state index contributed by atoms with van der Waals surface area (Å²) in [5.74, 6) is 0.0638.